The highest BCUT2D eigenvalue weighted by molar-refractivity contribution is 5.93. The van der Waals surface area contributed by atoms with Crippen LogP contribution in [0.2, 0.25) is 0 Å². The number of amides is 2. The SMILES string of the molecule is COC(=O)C[C@H](NC(=O)Nc1cccc(C)c1)C(=O)O. The molecule has 1 rings (SSSR count). The lowest BCUT2D eigenvalue weighted by Gasteiger charge is -2.14. The number of hydrogen-bond acceptors (Lipinski definition) is 4. The van der Waals surface area contributed by atoms with Crippen molar-refractivity contribution < 1.29 is 24.2 Å². The third kappa shape index (κ3) is 4.97. The molecule has 1 aromatic carbocycles. The Hall–Kier alpha value is -2.57. The second-order valence-electron chi connectivity index (χ2n) is 4.14. The summed E-state index contributed by atoms with van der Waals surface area (Å²) >= 11 is 0. The van der Waals surface area contributed by atoms with Gasteiger partial charge in [0.25, 0.3) is 0 Å². The van der Waals surface area contributed by atoms with Gasteiger partial charge in [0, 0.05) is 5.69 Å². The number of carbonyl (C=O) groups is 3. The average Bonchev–Trinajstić information content (AvgIpc) is 2.37. The number of carboxylic acid groups (broad SMARTS) is 1. The molecule has 0 aliphatic heterocycles. The maximum atomic E-state index is 11.7. The van der Waals surface area contributed by atoms with Crippen molar-refractivity contribution >= 4 is 23.7 Å². The summed E-state index contributed by atoms with van der Waals surface area (Å²) in [4.78, 5) is 33.7. The van der Waals surface area contributed by atoms with Crippen LogP contribution in [-0.4, -0.2) is 36.2 Å². The van der Waals surface area contributed by atoms with Crippen molar-refractivity contribution in [2.45, 2.75) is 19.4 Å². The molecule has 3 N–H and O–H groups in total. The molecule has 7 heteroatoms. The van der Waals surface area contributed by atoms with Crippen molar-refractivity contribution in [3.05, 3.63) is 29.8 Å². The predicted octanol–water partition coefficient (Wildman–Crippen LogP) is 1.13. The molecule has 1 aromatic rings. The third-order valence-corrected chi connectivity index (χ3v) is 2.48. The molecule has 0 saturated heterocycles. The molecule has 0 heterocycles. The maximum Gasteiger partial charge on any atom is 0.326 e. The Morgan fingerprint density at radius 1 is 1.35 bits per heavy atom. The van der Waals surface area contributed by atoms with Gasteiger partial charge in [-0.3, -0.25) is 4.79 Å². The summed E-state index contributed by atoms with van der Waals surface area (Å²) in [6.07, 6.45) is -0.437. The lowest BCUT2D eigenvalue weighted by atomic mass is 10.2. The number of aliphatic carboxylic acids is 1. The number of hydrogen-bond donors (Lipinski definition) is 3. The van der Waals surface area contributed by atoms with Crippen LogP contribution in [-0.2, 0) is 14.3 Å². The molecular formula is C13H16N2O5. The molecule has 7 nitrogen and oxygen atoms in total. The van der Waals surface area contributed by atoms with E-state index in [9.17, 15) is 14.4 Å². The van der Waals surface area contributed by atoms with E-state index in [1.54, 1.807) is 18.2 Å². The first kappa shape index (κ1) is 15.5. The van der Waals surface area contributed by atoms with E-state index in [2.05, 4.69) is 15.4 Å². The number of urea groups is 1. The lowest BCUT2D eigenvalue weighted by molar-refractivity contribution is -0.147. The van der Waals surface area contributed by atoms with Crippen LogP contribution in [0.3, 0.4) is 0 Å². The van der Waals surface area contributed by atoms with E-state index >= 15 is 0 Å². The molecule has 108 valence electrons. The number of aryl methyl sites for hydroxylation is 1. The van der Waals surface area contributed by atoms with Gasteiger partial charge in [-0.25, -0.2) is 9.59 Å². The van der Waals surface area contributed by atoms with Gasteiger partial charge in [-0.05, 0) is 24.6 Å². The Bertz CT molecular complexity index is 515. The number of rotatable bonds is 5. The largest absolute Gasteiger partial charge is 0.480 e. The summed E-state index contributed by atoms with van der Waals surface area (Å²) < 4.78 is 4.37. The number of carboxylic acids is 1. The van der Waals surface area contributed by atoms with Gasteiger partial charge in [0.15, 0.2) is 0 Å². The zero-order valence-corrected chi connectivity index (χ0v) is 11.2. The van der Waals surface area contributed by atoms with Gasteiger partial charge < -0.3 is 20.5 Å². The molecule has 0 spiro atoms. The van der Waals surface area contributed by atoms with E-state index in [0.717, 1.165) is 12.7 Å². The monoisotopic (exact) mass is 280 g/mol. The van der Waals surface area contributed by atoms with Gasteiger partial charge in [-0.1, -0.05) is 12.1 Å². The smallest absolute Gasteiger partial charge is 0.326 e. The molecule has 2 amide bonds. The van der Waals surface area contributed by atoms with Crippen LogP contribution in [0, 0.1) is 6.92 Å². The number of ether oxygens (including phenoxy) is 1. The summed E-state index contributed by atoms with van der Waals surface area (Å²) in [7, 11) is 1.15. The lowest BCUT2D eigenvalue weighted by Crippen LogP contribution is -2.44. The standard InChI is InChI=1S/C13H16N2O5/c1-8-4-3-5-9(6-8)14-13(19)15-10(12(17)18)7-11(16)20-2/h3-6,10H,7H2,1-2H3,(H,17,18)(H2,14,15,19)/t10-/m0/s1. The Balaban J connectivity index is 2.62. The molecule has 0 aromatic heterocycles. The Kier molecular flexibility index (Phi) is 5.52. The Morgan fingerprint density at radius 2 is 2.05 bits per heavy atom. The quantitative estimate of drug-likeness (QED) is 0.701. The molecule has 0 aliphatic rings. The number of benzene rings is 1. The Labute approximate surface area is 115 Å². The zero-order chi connectivity index (χ0) is 15.1. The highest BCUT2D eigenvalue weighted by atomic mass is 16.5. The van der Waals surface area contributed by atoms with Crippen molar-refractivity contribution in [3.8, 4) is 0 Å². The fourth-order valence-electron chi connectivity index (χ4n) is 1.50. The minimum Gasteiger partial charge on any atom is -0.480 e. The topological polar surface area (TPSA) is 105 Å². The average molecular weight is 280 g/mol. The highest BCUT2D eigenvalue weighted by Crippen LogP contribution is 2.09. The van der Waals surface area contributed by atoms with Gasteiger partial charge in [0.05, 0.1) is 13.5 Å². The molecule has 0 bridgehead atoms. The third-order valence-electron chi connectivity index (χ3n) is 2.48. The fourth-order valence-corrected chi connectivity index (χ4v) is 1.50. The van der Waals surface area contributed by atoms with Crippen molar-refractivity contribution in [2.24, 2.45) is 0 Å². The number of carbonyl (C=O) groups excluding carboxylic acids is 2. The van der Waals surface area contributed by atoms with Crippen molar-refractivity contribution in [1.29, 1.82) is 0 Å². The summed E-state index contributed by atoms with van der Waals surface area (Å²) in [6.45, 7) is 1.86. The van der Waals surface area contributed by atoms with Gasteiger partial charge in [0.2, 0.25) is 0 Å². The first-order chi connectivity index (χ1) is 9.42. The first-order valence-corrected chi connectivity index (χ1v) is 5.86. The summed E-state index contributed by atoms with van der Waals surface area (Å²) in [6, 6.07) is 4.98. The molecule has 0 unspecified atom stereocenters. The molecule has 0 aliphatic carbocycles. The van der Waals surface area contributed by atoms with Crippen molar-refractivity contribution in [1.82, 2.24) is 5.32 Å². The van der Waals surface area contributed by atoms with Gasteiger partial charge in [-0.15, -0.1) is 0 Å². The van der Waals surface area contributed by atoms with Crippen LogP contribution < -0.4 is 10.6 Å². The number of anilines is 1. The summed E-state index contributed by atoms with van der Waals surface area (Å²) in [5, 5.41) is 13.6. The van der Waals surface area contributed by atoms with Crippen LogP contribution in [0.25, 0.3) is 0 Å². The Morgan fingerprint density at radius 3 is 2.60 bits per heavy atom. The first-order valence-electron chi connectivity index (χ1n) is 5.86. The molecular weight excluding hydrogens is 264 g/mol. The number of esters is 1. The van der Waals surface area contributed by atoms with E-state index in [4.69, 9.17) is 5.11 Å². The van der Waals surface area contributed by atoms with Crippen LogP contribution in [0.5, 0.6) is 0 Å². The van der Waals surface area contributed by atoms with Crippen LogP contribution >= 0.6 is 0 Å². The van der Waals surface area contributed by atoms with E-state index in [0.29, 0.717) is 5.69 Å². The van der Waals surface area contributed by atoms with Crippen LogP contribution in [0.4, 0.5) is 10.5 Å². The van der Waals surface area contributed by atoms with Crippen molar-refractivity contribution in [2.75, 3.05) is 12.4 Å². The minimum atomic E-state index is -1.34. The van der Waals surface area contributed by atoms with Crippen molar-refractivity contribution in [3.63, 3.8) is 0 Å². The second-order valence-corrected chi connectivity index (χ2v) is 4.14. The normalized spacial score (nSPS) is 11.3. The summed E-state index contributed by atoms with van der Waals surface area (Å²) in [5.74, 6) is -2.02. The molecule has 0 fully saturated rings. The van der Waals surface area contributed by atoms with Crippen LogP contribution in [0.1, 0.15) is 12.0 Å². The molecule has 20 heavy (non-hydrogen) atoms. The molecule has 0 saturated carbocycles. The molecule has 0 radical (unpaired) electrons. The highest BCUT2D eigenvalue weighted by Gasteiger charge is 2.23. The van der Waals surface area contributed by atoms with E-state index < -0.39 is 30.4 Å². The fraction of sp³-hybridized carbons (Fsp3) is 0.308. The maximum absolute atomic E-state index is 11.7. The minimum absolute atomic E-state index is 0.437. The van der Waals surface area contributed by atoms with E-state index in [1.807, 2.05) is 13.0 Å². The van der Waals surface area contributed by atoms with Gasteiger partial charge in [0.1, 0.15) is 6.04 Å². The number of methoxy groups -OCH3 is 1. The van der Waals surface area contributed by atoms with E-state index in [1.165, 1.54) is 0 Å². The summed E-state index contributed by atoms with van der Waals surface area (Å²) in [5.41, 5.74) is 1.48. The predicted molar refractivity (Wildman–Crippen MR) is 71.4 cm³/mol. The molecule has 1 atom stereocenters. The van der Waals surface area contributed by atoms with Gasteiger partial charge in [-0.2, -0.15) is 0 Å². The number of nitrogens with one attached hydrogen (secondary N) is 2. The van der Waals surface area contributed by atoms with Gasteiger partial charge >= 0.3 is 18.0 Å². The zero-order valence-electron chi connectivity index (χ0n) is 11.2. The van der Waals surface area contributed by atoms with Crippen LogP contribution in [0.15, 0.2) is 24.3 Å². The second kappa shape index (κ2) is 7.13. The van der Waals surface area contributed by atoms with E-state index in [-0.39, 0.29) is 0 Å².